The van der Waals surface area contributed by atoms with Crippen molar-refractivity contribution in [3.05, 3.63) is 77.2 Å². The fraction of sp³-hybridized carbons (Fsp3) is 0.261. The highest BCUT2D eigenvalue weighted by molar-refractivity contribution is 7.94. The molecule has 1 heterocycles. The van der Waals surface area contributed by atoms with Crippen LogP contribution in [0.4, 0.5) is 5.69 Å². The Balaban J connectivity index is 1.39. The van der Waals surface area contributed by atoms with Gasteiger partial charge in [0.05, 0.1) is 13.5 Å². The lowest BCUT2D eigenvalue weighted by atomic mass is 10.1. The molecule has 1 aliphatic rings. The highest BCUT2D eigenvalue weighted by Gasteiger charge is 2.32. The van der Waals surface area contributed by atoms with E-state index in [4.69, 9.17) is 4.74 Å². The van der Waals surface area contributed by atoms with Crippen molar-refractivity contribution < 1.29 is 17.9 Å². The van der Waals surface area contributed by atoms with E-state index >= 15 is 0 Å². The monoisotopic (exact) mass is 456 g/mol. The third kappa shape index (κ3) is 5.45. The Labute approximate surface area is 186 Å². The molecule has 0 bridgehead atoms. The van der Waals surface area contributed by atoms with Gasteiger partial charge < -0.3 is 9.64 Å². The fourth-order valence-corrected chi connectivity index (χ4v) is 5.37. The number of ether oxygens (including phenoxy) is 1. The van der Waals surface area contributed by atoms with Crippen molar-refractivity contribution in [2.75, 3.05) is 11.8 Å². The number of nitrogens with zero attached hydrogens (tertiary/aromatic N) is 1. The minimum absolute atomic E-state index is 0.0743. The average Bonchev–Trinajstić information content (AvgIpc) is 3.44. The summed E-state index contributed by atoms with van der Waals surface area (Å²) in [6.45, 7) is 0.576. The quantitative estimate of drug-likeness (QED) is 0.521. The number of hydrogen-bond donors (Lipinski definition) is 1. The van der Waals surface area contributed by atoms with Crippen molar-refractivity contribution in [3.63, 3.8) is 0 Å². The average molecular weight is 457 g/mol. The van der Waals surface area contributed by atoms with Gasteiger partial charge in [0.15, 0.2) is 0 Å². The third-order valence-electron chi connectivity index (χ3n) is 5.14. The minimum Gasteiger partial charge on any atom is -0.497 e. The van der Waals surface area contributed by atoms with E-state index in [2.05, 4.69) is 4.72 Å². The molecular formula is C23H24N2O4S2. The number of methoxy groups -OCH3 is 1. The summed E-state index contributed by atoms with van der Waals surface area (Å²) in [7, 11) is -1.95. The Hall–Kier alpha value is -2.84. The molecule has 1 amide bonds. The molecular weight excluding hydrogens is 432 g/mol. The number of anilines is 1. The van der Waals surface area contributed by atoms with E-state index in [9.17, 15) is 13.2 Å². The van der Waals surface area contributed by atoms with Gasteiger partial charge in [-0.25, -0.2) is 8.42 Å². The third-order valence-corrected chi connectivity index (χ3v) is 7.92. The van der Waals surface area contributed by atoms with E-state index in [0.29, 0.717) is 18.3 Å². The van der Waals surface area contributed by atoms with Gasteiger partial charge in [-0.1, -0.05) is 30.3 Å². The van der Waals surface area contributed by atoms with Gasteiger partial charge in [0.25, 0.3) is 10.0 Å². The largest absolute Gasteiger partial charge is 0.497 e. The van der Waals surface area contributed by atoms with Crippen LogP contribution >= 0.6 is 11.3 Å². The van der Waals surface area contributed by atoms with E-state index < -0.39 is 10.0 Å². The van der Waals surface area contributed by atoms with Crippen molar-refractivity contribution in [2.45, 2.75) is 36.1 Å². The molecule has 8 heteroatoms. The Kier molecular flexibility index (Phi) is 6.29. The molecule has 1 aliphatic carbocycles. The number of benzene rings is 2. The number of hydrogen-bond acceptors (Lipinski definition) is 5. The number of carbonyl (C=O) groups is 1. The first-order chi connectivity index (χ1) is 14.9. The maximum absolute atomic E-state index is 13.0. The van der Waals surface area contributed by atoms with Gasteiger partial charge in [-0.3, -0.25) is 9.52 Å². The molecule has 6 nitrogen and oxygen atoms in total. The number of sulfonamides is 1. The first kappa shape index (κ1) is 21.4. The topological polar surface area (TPSA) is 75.7 Å². The van der Waals surface area contributed by atoms with E-state index in [-0.39, 0.29) is 16.5 Å². The molecule has 0 aliphatic heterocycles. The molecule has 1 fully saturated rings. The van der Waals surface area contributed by atoms with Crippen LogP contribution < -0.4 is 9.46 Å². The second kappa shape index (κ2) is 9.11. The molecule has 0 radical (unpaired) electrons. The van der Waals surface area contributed by atoms with Crippen LogP contribution in [0.1, 0.15) is 24.0 Å². The Morgan fingerprint density at radius 1 is 1.06 bits per heavy atom. The smallest absolute Gasteiger partial charge is 0.271 e. The van der Waals surface area contributed by atoms with Crippen LogP contribution in [-0.4, -0.2) is 32.4 Å². The number of thiophene rings is 1. The lowest BCUT2D eigenvalue weighted by Gasteiger charge is -2.23. The number of rotatable bonds is 9. The summed E-state index contributed by atoms with van der Waals surface area (Å²) in [4.78, 5) is 14.9. The van der Waals surface area contributed by atoms with Crippen molar-refractivity contribution in [1.29, 1.82) is 0 Å². The van der Waals surface area contributed by atoms with Gasteiger partial charge in [0, 0.05) is 18.3 Å². The van der Waals surface area contributed by atoms with Crippen molar-refractivity contribution in [1.82, 2.24) is 4.90 Å². The second-order valence-corrected chi connectivity index (χ2v) is 10.4. The van der Waals surface area contributed by atoms with Crippen LogP contribution in [-0.2, 0) is 27.8 Å². The van der Waals surface area contributed by atoms with Gasteiger partial charge in [-0.05, 0) is 59.7 Å². The Morgan fingerprint density at radius 2 is 1.74 bits per heavy atom. The lowest BCUT2D eigenvalue weighted by Crippen LogP contribution is -2.33. The van der Waals surface area contributed by atoms with Crippen molar-refractivity contribution in [2.24, 2.45) is 0 Å². The zero-order valence-corrected chi connectivity index (χ0v) is 18.8. The molecule has 0 saturated heterocycles. The molecule has 3 aromatic rings. The molecule has 1 N–H and O–H groups in total. The highest BCUT2D eigenvalue weighted by atomic mass is 32.2. The molecule has 0 spiro atoms. The fourth-order valence-electron chi connectivity index (χ4n) is 3.32. The SMILES string of the molecule is COc1ccc(CN(C(=O)Cc2ccc(NS(=O)(=O)c3cccs3)cc2)C2CC2)cc1. The predicted octanol–water partition coefficient (Wildman–Crippen LogP) is 4.29. The lowest BCUT2D eigenvalue weighted by molar-refractivity contribution is -0.131. The van der Waals surface area contributed by atoms with Crippen molar-refractivity contribution in [3.8, 4) is 5.75 Å². The summed E-state index contributed by atoms with van der Waals surface area (Å²) < 4.78 is 32.7. The first-order valence-corrected chi connectivity index (χ1v) is 12.4. The predicted molar refractivity (Wildman–Crippen MR) is 122 cm³/mol. The second-order valence-electron chi connectivity index (χ2n) is 7.51. The van der Waals surface area contributed by atoms with Gasteiger partial charge in [0.2, 0.25) is 5.91 Å². The maximum Gasteiger partial charge on any atom is 0.271 e. The molecule has 1 saturated carbocycles. The number of nitrogens with one attached hydrogen (secondary N) is 1. The first-order valence-electron chi connectivity index (χ1n) is 10.0. The van der Waals surface area contributed by atoms with E-state index in [1.54, 1.807) is 48.9 Å². The maximum atomic E-state index is 13.0. The van der Waals surface area contributed by atoms with Crippen LogP contribution in [0.15, 0.2) is 70.3 Å². The molecule has 0 atom stereocenters. The minimum atomic E-state index is -3.58. The van der Waals surface area contributed by atoms with E-state index in [1.807, 2.05) is 29.2 Å². The summed E-state index contributed by atoms with van der Waals surface area (Å²) in [6.07, 6.45) is 2.35. The molecule has 162 valence electrons. The Bertz CT molecular complexity index is 1120. The zero-order valence-electron chi connectivity index (χ0n) is 17.2. The molecule has 1 aromatic heterocycles. The van der Waals surface area contributed by atoms with Crippen LogP contribution in [0.2, 0.25) is 0 Å². The summed E-state index contributed by atoms with van der Waals surface area (Å²) >= 11 is 1.17. The van der Waals surface area contributed by atoms with Crippen LogP contribution in [0.5, 0.6) is 5.75 Å². The molecule has 31 heavy (non-hydrogen) atoms. The van der Waals surface area contributed by atoms with Gasteiger partial charge in [-0.2, -0.15) is 0 Å². The number of amides is 1. The summed E-state index contributed by atoms with van der Waals surface area (Å²) in [5.41, 5.74) is 2.39. The van der Waals surface area contributed by atoms with Crippen LogP contribution in [0, 0.1) is 0 Å². The highest BCUT2D eigenvalue weighted by Crippen LogP contribution is 2.29. The van der Waals surface area contributed by atoms with Crippen LogP contribution in [0.25, 0.3) is 0 Å². The molecule has 4 rings (SSSR count). The van der Waals surface area contributed by atoms with Crippen molar-refractivity contribution >= 4 is 33.0 Å². The van der Waals surface area contributed by atoms with Gasteiger partial charge >= 0.3 is 0 Å². The standard InChI is InChI=1S/C23H24N2O4S2/c1-29-21-12-6-18(7-13-21)16-25(20-10-11-20)22(26)15-17-4-8-19(9-5-17)24-31(27,28)23-3-2-14-30-23/h2-9,12-14,20,24H,10-11,15-16H2,1H3. The van der Waals surface area contributed by atoms with Crippen LogP contribution in [0.3, 0.4) is 0 Å². The molecule has 0 unspecified atom stereocenters. The van der Waals surface area contributed by atoms with E-state index in [1.165, 1.54) is 11.3 Å². The van der Waals surface area contributed by atoms with Gasteiger partial charge in [-0.15, -0.1) is 11.3 Å². The molecule has 2 aromatic carbocycles. The summed E-state index contributed by atoms with van der Waals surface area (Å²) in [5, 5.41) is 1.72. The van der Waals surface area contributed by atoms with Gasteiger partial charge in [0.1, 0.15) is 9.96 Å². The summed E-state index contributed by atoms with van der Waals surface area (Å²) in [6, 6.07) is 18.3. The zero-order chi connectivity index (χ0) is 21.8. The normalized spacial score (nSPS) is 13.6. The summed E-state index contributed by atoms with van der Waals surface area (Å²) in [5.74, 6) is 0.869. The number of carbonyl (C=O) groups excluding carboxylic acids is 1. The van der Waals surface area contributed by atoms with E-state index in [0.717, 1.165) is 29.7 Å². The Morgan fingerprint density at radius 3 is 2.32 bits per heavy atom.